The lowest BCUT2D eigenvalue weighted by Gasteiger charge is -2.29. The molecule has 1 aromatic rings. The molecule has 0 saturated heterocycles. The van der Waals surface area contributed by atoms with Crippen LogP contribution in [0, 0.1) is 5.41 Å². The molecule has 0 fully saturated rings. The number of ether oxygens (including phenoxy) is 1. The molecule has 21 heavy (non-hydrogen) atoms. The van der Waals surface area contributed by atoms with E-state index in [1.165, 1.54) is 0 Å². The highest BCUT2D eigenvalue weighted by molar-refractivity contribution is 6.31. The molecule has 4 nitrogen and oxygen atoms in total. The Morgan fingerprint density at radius 3 is 2.43 bits per heavy atom. The summed E-state index contributed by atoms with van der Waals surface area (Å²) in [5, 5.41) is 13.0. The van der Waals surface area contributed by atoms with Crippen molar-refractivity contribution in [1.29, 1.82) is 0 Å². The van der Waals surface area contributed by atoms with Crippen molar-refractivity contribution in [1.82, 2.24) is 5.32 Å². The standard InChI is InChI=1S/C16H24ClNO3/c1-15(2,3)21-14(20)18-10-16(4,11-19)9-12-7-5-6-8-13(12)17/h5-8,19H,9-11H2,1-4H3,(H,18,20). The van der Waals surface area contributed by atoms with E-state index >= 15 is 0 Å². The van der Waals surface area contributed by atoms with Crippen molar-refractivity contribution < 1.29 is 14.6 Å². The lowest BCUT2D eigenvalue weighted by Crippen LogP contribution is -2.41. The van der Waals surface area contributed by atoms with Crippen LogP contribution >= 0.6 is 11.6 Å². The molecule has 1 rings (SSSR count). The van der Waals surface area contributed by atoms with Gasteiger partial charge in [-0.25, -0.2) is 4.79 Å². The highest BCUT2D eigenvalue weighted by Gasteiger charge is 2.27. The zero-order valence-corrected chi connectivity index (χ0v) is 13.8. The summed E-state index contributed by atoms with van der Waals surface area (Å²) < 4.78 is 5.19. The van der Waals surface area contributed by atoms with Crippen LogP contribution in [0.25, 0.3) is 0 Å². The molecule has 1 atom stereocenters. The van der Waals surface area contributed by atoms with E-state index in [1.807, 2.05) is 52.0 Å². The average molecular weight is 314 g/mol. The maximum Gasteiger partial charge on any atom is 0.407 e. The van der Waals surface area contributed by atoms with Crippen LogP contribution in [0.15, 0.2) is 24.3 Å². The third kappa shape index (κ3) is 6.36. The number of aliphatic hydroxyl groups excluding tert-OH is 1. The number of hydrogen-bond acceptors (Lipinski definition) is 3. The minimum Gasteiger partial charge on any atom is -0.444 e. The summed E-state index contributed by atoms with van der Waals surface area (Å²) >= 11 is 6.14. The van der Waals surface area contributed by atoms with Crippen LogP contribution in [-0.4, -0.2) is 30.0 Å². The molecule has 0 saturated carbocycles. The van der Waals surface area contributed by atoms with E-state index in [-0.39, 0.29) is 6.61 Å². The monoisotopic (exact) mass is 313 g/mol. The number of aliphatic hydroxyl groups is 1. The Hall–Kier alpha value is -1.26. The van der Waals surface area contributed by atoms with Crippen LogP contribution in [0.2, 0.25) is 5.02 Å². The second-order valence-corrected chi connectivity index (χ2v) is 7.00. The van der Waals surface area contributed by atoms with E-state index in [9.17, 15) is 9.90 Å². The van der Waals surface area contributed by atoms with Gasteiger partial charge >= 0.3 is 6.09 Å². The molecule has 1 amide bonds. The Bertz CT molecular complexity index is 485. The number of hydrogen-bond donors (Lipinski definition) is 2. The van der Waals surface area contributed by atoms with Gasteiger partial charge in [-0.3, -0.25) is 0 Å². The third-order valence-corrected chi connectivity index (χ3v) is 3.38. The largest absolute Gasteiger partial charge is 0.444 e. The van der Waals surface area contributed by atoms with Crippen LogP contribution in [-0.2, 0) is 11.2 Å². The SMILES string of the molecule is CC(CO)(CNC(=O)OC(C)(C)C)Cc1ccccc1Cl. The molecule has 0 aliphatic rings. The summed E-state index contributed by atoms with van der Waals surface area (Å²) in [6.07, 6.45) is 0.0835. The first-order chi connectivity index (χ1) is 9.65. The summed E-state index contributed by atoms with van der Waals surface area (Å²) in [6, 6.07) is 7.50. The van der Waals surface area contributed by atoms with Crippen molar-refractivity contribution in [2.45, 2.75) is 39.7 Å². The number of alkyl carbamates (subject to hydrolysis) is 1. The molecule has 0 bridgehead atoms. The molecule has 0 heterocycles. The van der Waals surface area contributed by atoms with Crippen LogP contribution in [0.5, 0.6) is 0 Å². The van der Waals surface area contributed by atoms with Crippen LogP contribution in [0.1, 0.15) is 33.3 Å². The van der Waals surface area contributed by atoms with E-state index in [0.717, 1.165) is 5.56 Å². The predicted molar refractivity (Wildman–Crippen MR) is 84.6 cm³/mol. The van der Waals surface area contributed by atoms with E-state index in [4.69, 9.17) is 16.3 Å². The molecule has 1 unspecified atom stereocenters. The number of halogens is 1. The van der Waals surface area contributed by atoms with Crippen molar-refractivity contribution in [2.75, 3.05) is 13.2 Å². The van der Waals surface area contributed by atoms with Crippen molar-refractivity contribution in [3.05, 3.63) is 34.9 Å². The normalized spacial score (nSPS) is 14.4. The van der Waals surface area contributed by atoms with Gasteiger partial charge in [0.05, 0.1) is 6.61 Å². The van der Waals surface area contributed by atoms with Crippen molar-refractivity contribution in [2.24, 2.45) is 5.41 Å². The Balaban J connectivity index is 2.64. The number of benzene rings is 1. The maximum atomic E-state index is 11.7. The van der Waals surface area contributed by atoms with Gasteiger partial charge < -0.3 is 15.2 Å². The number of rotatable bonds is 5. The zero-order chi connectivity index (χ0) is 16.1. The summed E-state index contributed by atoms with van der Waals surface area (Å²) in [5.41, 5.74) is -0.0913. The molecule has 0 aromatic heterocycles. The molecule has 118 valence electrons. The fraction of sp³-hybridized carbons (Fsp3) is 0.562. The minimum absolute atomic E-state index is 0.0615. The van der Waals surface area contributed by atoms with E-state index in [2.05, 4.69) is 5.32 Å². The van der Waals surface area contributed by atoms with Gasteiger partial charge in [0.15, 0.2) is 0 Å². The van der Waals surface area contributed by atoms with Gasteiger partial charge in [-0.2, -0.15) is 0 Å². The highest BCUT2D eigenvalue weighted by Crippen LogP contribution is 2.26. The Morgan fingerprint density at radius 2 is 1.90 bits per heavy atom. The Morgan fingerprint density at radius 1 is 1.29 bits per heavy atom. The smallest absolute Gasteiger partial charge is 0.407 e. The highest BCUT2D eigenvalue weighted by atomic mass is 35.5. The molecule has 0 aliphatic carbocycles. The molecule has 0 spiro atoms. The van der Waals surface area contributed by atoms with Gasteiger partial charge in [-0.05, 0) is 38.8 Å². The summed E-state index contributed by atoms with van der Waals surface area (Å²) in [7, 11) is 0. The lowest BCUT2D eigenvalue weighted by atomic mass is 9.84. The number of carbonyl (C=O) groups is 1. The van der Waals surface area contributed by atoms with Crippen LogP contribution in [0.3, 0.4) is 0 Å². The Labute approximate surface area is 131 Å². The van der Waals surface area contributed by atoms with Crippen molar-refractivity contribution in [3.8, 4) is 0 Å². The summed E-state index contributed by atoms with van der Waals surface area (Å²) in [4.78, 5) is 11.7. The fourth-order valence-electron chi connectivity index (χ4n) is 1.88. The molecule has 5 heteroatoms. The molecule has 1 aromatic carbocycles. The van der Waals surface area contributed by atoms with Crippen LogP contribution < -0.4 is 5.32 Å². The van der Waals surface area contributed by atoms with E-state index in [1.54, 1.807) is 0 Å². The lowest BCUT2D eigenvalue weighted by molar-refractivity contribution is 0.0478. The molecule has 2 N–H and O–H groups in total. The maximum absolute atomic E-state index is 11.7. The first-order valence-electron chi connectivity index (χ1n) is 6.96. The number of amides is 1. The van der Waals surface area contributed by atoms with Crippen LogP contribution in [0.4, 0.5) is 4.79 Å². The zero-order valence-electron chi connectivity index (χ0n) is 13.1. The van der Waals surface area contributed by atoms with E-state index < -0.39 is 17.1 Å². The summed E-state index contributed by atoms with van der Waals surface area (Å²) in [5.74, 6) is 0. The van der Waals surface area contributed by atoms with Gasteiger partial charge in [-0.1, -0.05) is 36.7 Å². The molecular weight excluding hydrogens is 290 g/mol. The van der Waals surface area contributed by atoms with Crippen molar-refractivity contribution >= 4 is 17.7 Å². The molecular formula is C16H24ClNO3. The van der Waals surface area contributed by atoms with E-state index in [0.29, 0.717) is 18.0 Å². The minimum atomic E-state index is -0.539. The second kappa shape index (κ2) is 7.14. The second-order valence-electron chi connectivity index (χ2n) is 6.59. The molecule has 0 radical (unpaired) electrons. The van der Waals surface area contributed by atoms with Gasteiger partial charge in [0, 0.05) is 17.0 Å². The topological polar surface area (TPSA) is 58.6 Å². The first kappa shape index (κ1) is 17.8. The van der Waals surface area contributed by atoms with Gasteiger partial charge in [0.2, 0.25) is 0 Å². The fourth-order valence-corrected chi connectivity index (χ4v) is 2.08. The quantitative estimate of drug-likeness (QED) is 0.876. The molecule has 0 aliphatic heterocycles. The van der Waals surface area contributed by atoms with Gasteiger partial charge in [0.1, 0.15) is 5.60 Å². The predicted octanol–water partition coefficient (Wildman–Crippen LogP) is 3.41. The van der Waals surface area contributed by atoms with Gasteiger partial charge in [-0.15, -0.1) is 0 Å². The van der Waals surface area contributed by atoms with Gasteiger partial charge in [0.25, 0.3) is 0 Å². The third-order valence-electron chi connectivity index (χ3n) is 3.02. The first-order valence-corrected chi connectivity index (χ1v) is 7.34. The number of nitrogens with one attached hydrogen (secondary N) is 1. The average Bonchev–Trinajstić information content (AvgIpc) is 2.37. The summed E-state index contributed by atoms with van der Waals surface area (Å²) in [6.45, 7) is 7.57. The van der Waals surface area contributed by atoms with Crippen molar-refractivity contribution in [3.63, 3.8) is 0 Å². The number of carbonyl (C=O) groups excluding carboxylic acids is 1. The Kier molecular flexibility index (Phi) is 6.05.